The number of nitrogens with one attached hydrogen (secondary N) is 1. The largest absolute Gasteiger partial charge is 0.488 e. The third-order valence-electron chi connectivity index (χ3n) is 9.80. The summed E-state index contributed by atoms with van der Waals surface area (Å²) < 4.78 is 24.7. The lowest BCUT2D eigenvalue weighted by Gasteiger charge is -2.19. The molecule has 0 aliphatic rings. The second-order valence-electron chi connectivity index (χ2n) is 14.0. The molecule has 0 aliphatic carbocycles. The van der Waals surface area contributed by atoms with Crippen molar-refractivity contribution >= 4 is 29.5 Å². The van der Waals surface area contributed by atoms with Gasteiger partial charge in [0.15, 0.2) is 6.29 Å². The molecule has 61 heavy (non-hydrogen) atoms. The second-order valence-corrected chi connectivity index (χ2v) is 14.8. The van der Waals surface area contributed by atoms with Gasteiger partial charge in [-0.25, -0.2) is 0 Å². The van der Waals surface area contributed by atoms with E-state index < -0.39 is 6.10 Å². The van der Waals surface area contributed by atoms with Crippen LogP contribution >= 0.6 is 23.2 Å². The van der Waals surface area contributed by atoms with E-state index in [1.807, 2.05) is 44.2 Å². The lowest BCUT2D eigenvalue weighted by molar-refractivity contribution is 0.0941. The van der Waals surface area contributed by atoms with Gasteiger partial charge in [-0.1, -0.05) is 59.6 Å². The molecule has 0 saturated heterocycles. The molecule has 14 heteroatoms. The summed E-state index contributed by atoms with van der Waals surface area (Å²) in [6.07, 6.45) is 5.89. The maximum atomic E-state index is 11.9. The Morgan fingerprint density at radius 3 is 1.72 bits per heavy atom. The average molecular weight is 859 g/mol. The van der Waals surface area contributed by atoms with Crippen LogP contribution in [0, 0.1) is 36.5 Å². The van der Waals surface area contributed by atoms with Gasteiger partial charge in [0.25, 0.3) is 0 Å². The fraction of sp³-hybridized carbons (Fsp3) is 0.213. The van der Waals surface area contributed by atoms with Gasteiger partial charge in [0.05, 0.1) is 39.4 Å². The topological polar surface area (TPSA) is 180 Å². The van der Waals surface area contributed by atoms with E-state index in [0.717, 1.165) is 33.4 Å². The third-order valence-corrected chi connectivity index (χ3v) is 10.4. The zero-order chi connectivity index (χ0) is 43.3. The van der Waals surface area contributed by atoms with Crippen LogP contribution in [0.4, 0.5) is 0 Å². The molecule has 0 saturated carbocycles. The van der Waals surface area contributed by atoms with E-state index in [4.69, 9.17) is 42.1 Å². The van der Waals surface area contributed by atoms with Crippen molar-refractivity contribution in [1.29, 1.82) is 10.5 Å². The Balaban J connectivity index is 1.17. The Morgan fingerprint density at radius 1 is 0.689 bits per heavy atom. The maximum absolute atomic E-state index is 11.9. The molecule has 0 unspecified atom stereocenters. The first-order valence-electron chi connectivity index (χ1n) is 19.1. The molecule has 4 aromatic carbocycles. The van der Waals surface area contributed by atoms with Crippen molar-refractivity contribution in [3.63, 3.8) is 0 Å². The molecule has 6 aromatic rings. The van der Waals surface area contributed by atoms with Crippen molar-refractivity contribution in [1.82, 2.24) is 15.3 Å². The van der Waals surface area contributed by atoms with E-state index >= 15 is 0 Å². The van der Waals surface area contributed by atoms with E-state index in [2.05, 4.69) is 33.5 Å². The van der Waals surface area contributed by atoms with Crippen molar-refractivity contribution in [3.05, 3.63) is 163 Å². The molecule has 310 valence electrons. The van der Waals surface area contributed by atoms with Gasteiger partial charge in [0.1, 0.15) is 61.6 Å². The number of aldehydes is 1. The number of carbonyl (C=O) groups excluding carboxylic acids is 1. The molecule has 2 aromatic heterocycles. The Kier molecular flexibility index (Phi) is 15.3. The monoisotopic (exact) mass is 857 g/mol. The molecule has 6 rings (SSSR count). The van der Waals surface area contributed by atoms with Gasteiger partial charge in [-0.15, -0.1) is 0 Å². The number of benzene rings is 4. The molecule has 0 fully saturated rings. The van der Waals surface area contributed by atoms with Crippen LogP contribution < -0.4 is 24.3 Å². The SMILES string of the molecule is Cc1c(COc2cc(OCc3cncc(C#N)c3)c(C=O)cc2Cl)cccc1-c1cccc(COc2cc(OCc3cncc(C#N)c3)c(CNC[C@@H](O)CO)cc2Cl)c1C. The first-order valence-corrected chi connectivity index (χ1v) is 19.8. The number of nitriles is 2. The van der Waals surface area contributed by atoms with Crippen LogP contribution in [0.25, 0.3) is 11.1 Å². The Morgan fingerprint density at radius 2 is 1.20 bits per heavy atom. The number of ether oxygens (including phenoxy) is 4. The summed E-state index contributed by atoms with van der Waals surface area (Å²) in [5.41, 5.74) is 9.03. The molecule has 1 atom stereocenters. The van der Waals surface area contributed by atoms with Gasteiger partial charge in [-0.3, -0.25) is 14.8 Å². The van der Waals surface area contributed by atoms with Gasteiger partial charge >= 0.3 is 0 Å². The highest BCUT2D eigenvalue weighted by Gasteiger charge is 2.17. The van der Waals surface area contributed by atoms with Crippen molar-refractivity contribution in [2.45, 2.75) is 52.9 Å². The van der Waals surface area contributed by atoms with Crippen LogP contribution in [0.2, 0.25) is 10.0 Å². The number of pyridine rings is 2. The highest BCUT2D eigenvalue weighted by Crippen LogP contribution is 2.37. The summed E-state index contributed by atoms with van der Waals surface area (Å²) in [6, 6.07) is 26.1. The summed E-state index contributed by atoms with van der Waals surface area (Å²) in [7, 11) is 0. The number of rotatable bonds is 19. The van der Waals surface area contributed by atoms with Crippen LogP contribution in [0.3, 0.4) is 0 Å². The standard InChI is InChI=1S/C47H41Cl2N5O7/c1-29-35(27-60-46-13-44(58-25-33-9-31(15-50)17-52-19-33)37(11-42(46)48)21-54-22-39(57)24-56)5-3-7-40(29)41-8-4-6-36(30(41)2)28-61-47-14-45(38(23-55)12-43(47)49)59-26-34-10-32(16-51)18-53-20-34/h3-14,17-20,23,39,54,56-57H,21-22,24-28H2,1-2H3/t39-/m1/s1. The first-order chi connectivity index (χ1) is 29.6. The van der Waals surface area contributed by atoms with E-state index in [0.29, 0.717) is 62.9 Å². The van der Waals surface area contributed by atoms with Gasteiger partial charge in [-0.05, 0) is 71.5 Å². The molecule has 0 radical (unpaired) electrons. The number of aliphatic hydroxyl groups is 2. The summed E-state index contributed by atoms with van der Waals surface area (Å²) >= 11 is 13.3. The number of aromatic nitrogens is 2. The molecule has 0 aliphatic heterocycles. The fourth-order valence-electron chi connectivity index (χ4n) is 6.43. The van der Waals surface area contributed by atoms with E-state index in [-0.39, 0.29) is 55.9 Å². The minimum Gasteiger partial charge on any atom is -0.488 e. The van der Waals surface area contributed by atoms with Crippen LogP contribution in [0.15, 0.2) is 97.6 Å². The minimum absolute atomic E-state index is 0.0825. The van der Waals surface area contributed by atoms with Crippen molar-refractivity contribution in [3.8, 4) is 46.3 Å². The summed E-state index contributed by atoms with van der Waals surface area (Å²) in [5.74, 6) is 1.51. The summed E-state index contributed by atoms with van der Waals surface area (Å²) in [4.78, 5) is 20.0. The van der Waals surface area contributed by atoms with E-state index in [9.17, 15) is 25.5 Å². The Labute approximate surface area is 363 Å². The van der Waals surface area contributed by atoms with Crippen molar-refractivity contribution in [2.24, 2.45) is 0 Å². The zero-order valence-electron chi connectivity index (χ0n) is 33.3. The predicted octanol–water partition coefficient (Wildman–Crippen LogP) is 8.38. The number of halogens is 2. The number of carbonyl (C=O) groups is 1. The van der Waals surface area contributed by atoms with Gasteiger partial charge in [-0.2, -0.15) is 10.5 Å². The molecule has 12 nitrogen and oxygen atoms in total. The van der Waals surface area contributed by atoms with Crippen LogP contribution in [-0.4, -0.2) is 45.7 Å². The maximum Gasteiger partial charge on any atom is 0.153 e. The van der Waals surface area contributed by atoms with Gasteiger partial charge < -0.3 is 34.5 Å². The molecular formula is C47H41Cl2N5O7. The molecule has 3 N–H and O–H groups in total. The Hall–Kier alpha value is -6.51. The fourth-order valence-corrected chi connectivity index (χ4v) is 6.89. The predicted molar refractivity (Wildman–Crippen MR) is 230 cm³/mol. The Bertz CT molecular complexity index is 2610. The lowest BCUT2D eigenvalue weighted by atomic mass is 9.92. The third kappa shape index (κ3) is 11.4. The minimum atomic E-state index is -0.923. The van der Waals surface area contributed by atoms with Crippen LogP contribution in [0.5, 0.6) is 23.0 Å². The highest BCUT2D eigenvalue weighted by molar-refractivity contribution is 6.32. The lowest BCUT2D eigenvalue weighted by Crippen LogP contribution is -2.29. The molecule has 0 spiro atoms. The van der Waals surface area contributed by atoms with Crippen LogP contribution in [-0.2, 0) is 33.0 Å². The summed E-state index contributed by atoms with van der Waals surface area (Å²) in [6.45, 7) is 4.75. The smallest absolute Gasteiger partial charge is 0.153 e. The number of aliphatic hydroxyl groups excluding tert-OH is 2. The number of hydrogen-bond acceptors (Lipinski definition) is 12. The van der Waals surface area contributed by atoms with Crippen molar-refractivity contribution in [2.75, 3.05) is 13.2 Å². The van der Waals surface area contributed by atoms with Gasteiger partial charge in [0, 0.05) is 66.7 Å². The number of nitrogens with zero attached hydrogens (tertiary/aromatic N) is 4. The quantitative estimate of drug-likeness (QED) is 0.0664. The average Bonchev–Trinajstić information content (AvgIpc) is 3.28. The normalized spacial score (nSPS) is 11.3. The molecule has 2 heterocycles. The van der Waals surface area contributed by atoms with Gasteiger partial charge in [0.2, 0.25) is 0 Å². The number of hydrogen-bond donors (Lipinski definition) is 3. The summed E-state index contributed by atoms with van der Waals surface area (Å²) in [5, 5.41) is 41.3. The second kappa shape index (κ2) is 21.1. The molecular weight excluding hydrogens is 817 g/mol. The van der Waals surface area contributed by atoms with Crippen LogP contribution in [0.1, 0.15) is 60.4 Å². The van der Waals surface area contributed by atoms with E-state index in [1.54, 1.807) is 42.7 Å². The molecule has 0 bridgehead atoms. The molecule has 0 amide bonds. The zero-order valence-corrected chi connectivity index (χ0v) is 34.8. The first kappa shape index (κ1) is 44.1. The van der Waals surface area contributed by atoms with E-state index in [1.165, 1.54) is 18.5 Å². The van der Waals surface area contributed by atoms with Crippen molar-refractivity contribution < 1.29 is 34.0 Å². The highest BCUT2D eigenvalue weighted by atomic mass is 35.5.